The van der Waals surface area contributed by atoms with Crippen molar-refractivity contribution in [1.29, 1.82) is 0 Å². The van der Waals surface area contributed by atoms with Crippen LogP contribution in [0.4, 0.5) is 8.78 Å². The number of nitrogens with one attached hydrogen (secondary N) is 1. The molecule has 1 N–H and O–H groups in total. The average molecular weight is 520 g/mol. The van der Waals surface area contributed by atoms with Gasteiger partial charge >= 0.3 is 5.76 Å². The fourth-order valence-electron chi connectivity index (χ4n) is 4.77. The molecule has 2 fully saturated rings. The van der Waals surface area contributed by atoms with Gasteiger partial charge in [-0.1, -0.05) is 0 Å². The van der Waals surface area contributed by atoms with Crippen LogP contribution in [0, 0.1) is 0 Å². The van der Waals surface area contributed by atoms with E-state index in [0.29, 0.717) is 31.1 Å². The molecule has 1 saturated heterocycles. The largest absolute Gasteiger partial charge is 0.496 e. The topological polar surface area (TPSA) is 99.2 Å². The molecule has 2 unspecified atom stereocenters. The minimum absolute atomic E-state index is 0.0682. The maximum atomic E-state index is 12.8. The lowest BCUT2D eigenvalue weighted by Crippen LogP contribution is -2.46. The zero-order valence-electron chi connectivity index (χ0n) is 20.4. The number of rotatable bonds is 13. The van der Waals surface area contributed by atoms with Gasteiger partial charge in [0, 0.05) is 36.2 Å². The number of nitrogens with zero attached hydrogens (tertiary/aromatic N) is 2. The molecule has 0 spiro atoms. The first kappa shape index (κ1) is 27.7. The Hall–Kier alpha value is -1.89. The number of methoxy groups -OCH3 is 1. The van der Waals surface area contributed by atoms with Crippen LogP contribution < -0.4 is 14.2 Å². The van der Waals surface area contributed by atoms with Gasteiger partial charge in [0.15, 0.2) is 11.0 Å². The van der Waals surface area contributed by atoms with Gasteiger partial charge < -0.3 is 18.9 Å². The van der Waals surface area contributed by atoms with Gasteiger partial charge in [-0.25, -0.2) is 13.9 Å². The molecule has 1 aliphatic heterocycles. The van der Waals surface area contributed by atoms with Crippen LogP contribution >= 0.6 is 0 Å². The number of alkyl halides is 2. The highest BCUT2D eigenvalue weighted by Gasteiger charge is 2.39. The number of halogens is 2. The molecular formula is C23H35F2N3O6S. The summed E-state index contributed by atoms with van der Waals surface area (Å²) in [4.78, 5) is 17.0. The van der Waals surface area contributed by atoms with Crippen LogP contribution in [0.2, 0.25) is 0 Å². The van der Waals surface area contributed by atoms with Crippen LogP contribution in [0.15, 0.2) is 12.1 Å². The fourth-order valence-corrected chi connectivity index (χ4v) is 5.42. The van der Waals surface area contributed by atoms with Gasteiger partial charge in [0.25, 0.3) is 6.47 Å². The Bertz CT molecular complexity index is 843. The first-order valence-corrected chi connectivity index (χ1v) is 13.1. The van der Waals surface area contributed by atoms with Gasteiger partial charge in [0.2, 0.25) is 5.88 Å². The average Bonchev–Trinajstić information content (AvgIpc) is 3.12. The summed E-state index contributed by atoms with van der Waals surface area (Å²) in [5, 5.41) is 0. The number of hydrogen-bond acceptors (Lipinski definition) is 8. The zero-order valence-corrected chi connectivity index (χ0v) is 21.2. The number of hydrogen-bond donors (Lipinski definition) is 1. The molecule has 0 radical (unpaired) electrons. The van der Waals surface area contributed by atoms with Crippen LogP contribution in [-0.4, -0.2) is 84.5 Å². The Labute approximate surface area is 207 Å². The van der Waals surface area contributed by atoms with Crippen LogP contribution in [-0.2, 0) is 25.3 Å². The Morgan fingerprint density at radius 1 is 1.26 bits per heavy atom. The lowest BCUT2D eigenvalue weighted by molar-refractivity contribution is -0.129. The number of likely N-dealkylation sites (N-methyl/N-ethyl adjacent to an activating group) is 1. The number of pyridine rings is 1. The quantitative estimate of drug-likeness (QED) is 0.314. The van der Waals surface area contributed by atoms with Crippen molar-refractivity contribution in [2.75, 3.05) is 34.0 Å². The Kier molecular flexibility index (Phi) is 10.6. The Balaban J connectivity index is 1.52. The van der Waals surface area contributed by atoms with E-state index in [4.69, 9.17) is 14.2 Å². The molecular weight excluding hydrogens is 484 g/mol. The second-order valence-electron chi connectivity index (χ2n) is 8.99. The molecule has 35 heavy (non-hydrogen) atoms. The van der Waals surface area contributed by atoms with E-state index in [0.717, 1.165) is 31.4 Å². The van der Waals surface area contributed by atoms with E-state index in [1.165, 1.54) is 0 Å². The predicted octanol–water partition coefficient (Wildman–Crippen LogP) is 2.62. The molecule has 198 valence electrons. The van der Waals surface area contributed by atoms with Gasteiger partial charge in [-0.15, -0.1) is 0 Å². The maximum Gasteiger partial charge on any atom is 0.325 e. The number of carbonyl (C=O) groups is 1. The van der Waals surface area contributed by atoms with Gasteiger partial charge in [0.1, 0.15) is 19.0 Å². The Morgan fingerprint density at radius 3 is 2.66 bits per heavy atom. The molecule has 1 aliphatic carbocycles. The summed E-state index contributed by atoms with van der Waals surface area (Å²) in [5.41, 5.74) is 0.886. The van der Waals surface area contributed by atoms with Gasteiger partial charge in [0.05, 0.1) is 25.5 Å². The standard InChI is InChI=1S/C23H35F2N3O6S/c1-15-10-20(27-35(30)23(24)25)21(28(15)2)13-34-17-6-4-16(5-7-17)19-11-18(31-3)12-22(26-19)33-9-8-32-14-29/h11-12,14-17,20-21,23,27H,4-10,13H2,1-3H3/t15?,16?,17?,20-,21-,35?/m0/s1. The number of aromatic nitrogens is 1. The summed E-state index contributed by atoms with van der Waals surface area (Å²) < 4.78 is 61.6. The van der Waals surface area contributed by atoms with Crippen LogP contribution in [0.1, 0.15) is 50.6 Å². The molecule has 1 aromatic rings. The first-order chi connectivity index (χ1) is 16.8. The molecule has 0 aromatic carbocycles. The molecule has 0 amide bonds. The minimum atomic E-state index is -2.91. The minimum Gasteiger partial charge on any atom is -0.496 e. The van der Waals surface area contributed by atoms with Crippen molar-refractivity contribution in [2.24, 2.45) is 0 Å². The molecule has 2 aliphatic rings. The van der Waals surface area contributed by atoms with E-state index in [1.807, 2.05) is 20.0 Å². The van der Waals surface area contributed by atoms with E-state index in [2.05, 4.69) is 19.3 Å². The Morgan fingerprint density at radius 2 is 2.00 bits per heavy atom. The summed E-state index contributed by atoms with van der Waals surface area (Å²) in [7, 11) is 1.16. The second kappa shape index (κ2) is 13.4. The first-order valence-electron chi connectivity index (χ1n) is 11.8. The highest BCUT2D eigenvalue weighted by atomic mass is 32.2. The third-order valence-corrected chi connectivity index (χ3v) is 7.71. The smallest absolute Gasteiger partial charge is 0.325 e. The zero-order chi connectivity index (χ0) is 25.4. The van der Waals surface area contributed by atoms with Gasteiger partial charge in [-0.3, -0.25) is 9.69 Å². The molecule has 4 atom stereocenters. The summed E-state index contributed by atoms with van der Waals surface area (Å²) >= 11 is 0. The molecule has 3 rings (SSSR count). The normalized spacial score (nSPS) is 28.1. The van der Waals surface area contributed by atoms with Gasteiger partial charge in [-0.05, 0) is 46.1 Å². The maximum absolute atomic E-state index is 12.8. The van der Waals surface area contributed by atoms with E-state index in [1.54, 1.807) is 13.2 Å². The number of carbonyl (C=O) groups excluding carboxylic acids is 1. The summed E-state index contributed by atoms with van der Waals surface area (Å²) in [6, 6.07) is 3.37. The van der Waals surface area contributed by atoms with Crippen molar-refractivity contribution in [2.45, 2.75) is 74.9 Å². The van der Waals surface area contributed by atoms with E-state index >= 15 is 0 Å². The molecule has 2 heterocycles. The molecule has 1 aromatic heterocycles. The van der Waals surface area contributed by atoms with Crippen molar-refractivity contribution in [1.82, 2.24) is 14.6 Å². The van der Waals surface area contributed by atoms with Crippen LogP contribution in [0.3, 0.4) is 0 Å². The van der Waals surface area contributed by atoms with E-state index < -0.39 is 16.7 Å². The SMILES string of the molecule is COc1cc(OCCOC=O)nc(C2CCC(OC[C@H]3[C@@H](NS(=O)C(F)F)CC(C)N3C)CC2)c1. The highest BCUT2D eigenvalue weighted by molar-refractivity contribution is 7.83. The molecule has 0 bridgehead atoms. The van der Waals surface area contributed by atoms with Crippen LogP contribution in [0.5, 0.6) is 11.6 Å². The van der Waals surface area contributed by atoms with Crippen molar-refractivity contribution in [3.63, 3.8) is 0 Å². The van der Waals surface area contributed by atoms with Crippen LogP contribution in [0.25, 0.3) is 0 Å². The van der Waals surface area contributed by atoms with Gasteiger partial charge in [-0.2, -0.15) is 8.78 Å². The molecule has 9 nitrogen and oxygen atoms in total. The summed E-state index contributed by atoms with van der Waals surface area (Å²) in [6.07, 6.45) is 4.17. The molecule has 1 saturated carbocycles. The highest BCUT2D eigenvalue weighted by Crippen LogP contribution is 2.36. The third-order valence-electron chi connectivity index (χ3n) is 6.85. The second-order valence-corrected chi connectivity index (χ2v) is 10.2. The monoisotopic (exact) mass is 519 g/mol. The van der Waals surface area contributed by atoms with Crippen molar-refractivity contribution in [3.05, 3.63) is 17.8 Å². The lowest BCUT2D eigenvalue weighted by atomic mass is 9.85. The van der Waals surface area contributed by atoms with Crippen molar-refractivity contribution < 1.29 is 36.7 Å². The van der Waals surface area contributed by atoms with Crippen molar-refractivity contribution >= 4 is 17.5 Å². The summed E-state index contributed by atoms with van der Waals surface area (Å²) in [6.45, 7) is 3.14. The predicted molar refractivity (Wildman–Crippen MR) is 126 cm³/mol. The fraction of sp³-hybridized carbons (Fsp3) is 0.739. The third kappa shape index (κ3) is 7.80. The number of ether oxygens (including phenoxy) is 4. The summed E-state index contributed by atoms with van der Waals surface area (Å²) in [5.74, 6) is -1.60. The number of likely N-dealkylation sites (tertiary alicyclic amines) is 1. The van der Waals surface area contributed by atoms with Crippen molar-refractivity contribution in [3.8, 4) is 11.6 Å². The van der Waals surface area contributed by atoms with E-state index in [-0.39, 0.29) is 43.4 Å². The lowest BCUT2D eigenvalue weighted by Gasteiger charge is -2.32. The van der Waals surface area contributed by atoms with E-state index in [9.17, 15) is 17.8 Å². The molecule has 12 heteroatoms.